The molecule has 2 unspecified atom stereocenters. The summed E-state index contributed by atoms with van der Waals surface area (Å²) in [5.74, 6) is 2.47. The molecule has 0 radical (unpaired) electrons. The van der Waals surface area contributed by atoms with E-state index in [1.165, 1.54) is 32.1 Å². The van der Waals surface area contributed by atoms with E-state index in [0.717, 1.165) is 29.2 Å². The van der Waals surface area contributed by atoms with Crippen molar-refractivity contribution in [3.8, 4) is 0 Å². The Hall–Kier alpha value is -0.280. The minimum atomic E-state index is 0.584. The highest BCUT2D eigenvalue weighted by Crippen LogP contribution is 2.39. The van der Waals surface area contributed by atoms with Crippen LogP contribution in [0.5, 0.6) is 0 Å². The summed E-state index contributed by atoms with van der Waals surface area (Å²) in [5, 5.41) is 3.50. The predicted molar refractivity (Wildman–Crippen MR) is 74.3 cm³/mol. The number of hydrogen-bond acceptors (Lipinski definition) is 2. The standard InChI is InChI=1S/C14H22BrNO/c1-2-16-10-11-6-4-3-5-7-12(11)14-13(15)8-9-17-14/h8-9,11-12,16H,2-7,10H2,1H3. The van der Waals surface area contributed by atoms with Crippen molar-refractivity contribution in [1.29, 1.82) is 0 Å². The van der Waals surface area contributed by atoms with Crippen LogP contribution in [0.15, 0.2) is 21.2 Å². The highest BCUT2D eigenvalue weighted by atomic mass is 79.9. The van der Waals surface area contributed by atoms with Gasteiger partial charge in [-0.15, -0.1) is 0 Å². The average Bonchev–Trinajstić information content (AvgIpc) is 2.63. The molecule has 1 N–H and O–H groups in total. The molecule has 0 amide bonds. The molecule has 1 fully saturated rings. The van der Waals surface area contributed by atoms with Crippen molar-refractivity contribution in [3.63, 3.8) is 0 Å². The van der Waals surface area contributed by atoms with E-state index in [2.05, 4.69) is 28.2 Å². The second-order valence-electron chi connectivity index (χ2n) is 4.95. The van der Waals surface area contributed by atoms with E-state index in [0.29, 0.717) is 5.92 Å². The molecule has 0 bridgehead atoms. The summed E-state index contributed by atoms with van der Waals surface area (Å²) in [6, 6.07) is 2.02. The normalized spacial score (nSPS) is 25.8. The Balaban J connectivity index is 2.11. The zero-order valence-electron chi connectivity index (χ0n) is 10.5. The molecule has 3 heteroatoms. The monoisotopic (exact) mass is 299 g/mol. The van der Waals surface area contributed by atoms with Gasteiger partial charge in [0.2, 0.25) is 0 Å². The van der Waals surface area contributed by atoms with Crippen LogP contribution >= 0.6 is 15.9 Å². The summed E-state index contributed by atoms with van der Waals surface area (Å²) in [6.45, 7) is 4.35. The maximum absolute atomic E-state index is 5.69. The first-order valence-electron chi connectivity index (χ1n) is 6.76. The fraction of sp³-hybridized carbons (Fsp3) is 0.714. The van der Waals surface area contributed by atoms with Gasteiger partial charge >= 0.3 is 0 Å². The molecule has 1 aromatic rings. The lowest BCUT2D eigenvalue weighted by Gasteiger charge is -2.24. The first-order valence-corrected chi connectivity index (χ1v) is 7.55. The molecular weight excluding hydrogens is 278 g/mol. The fourth-order valence-corrected chi connectivity index (χ4v) is 3.37. The Morgan fingerprint density at radius 3 is 2.88 bits per heavy atom. The summed E-state index contributed by atoms with van der Waals surface area (Å²) in [7, 11) is 0. The van der Waals surface area contributed by atoms with E-state index < -0.39 is 0 Å². The van der Waals surface area contributed by atoms with Gasteiger partial charge in [-0.1, -0.05) is 26.2 Å². The molecule has 2 nitrogen and oxygen atoms in total. The molecule has 0 spiro atoms. The smallest absolute Gasteiger partial charge is 0.121 e. The van der Waals surface area contributed by atoms with Gasteiger partial charge in [0.05, 0.1) is 10.7 Å². The van der Waals surface area contributed by atoms with Gasteiger partial charge in [0, 0.05) is 5.92 Å². The Morgan fingerprint density at radius 1 is 1.35 bits per heavy atom. The molecule has 2 atom stereocenters. The molecule has 0 aromatic carbocycles. The highest BCUT2D eigenvalue weighted by Gasteiger charge is 2.28. The number of rotatable bonds is 4. The largest absolute Gasteiger partial charge is 0.468 e. The minimum absolute atomic E-state index is 0.584. The van der Waals surface area contributed by atoms with Crippen molar-refractivity contribution < 1.29 is 4.42 Å². The first-order chi connectivity index (χ1) is 8.33. The van der Waals surface area contributed by atoms with Crippen LogP contribution in [0.25, 0.3) is 0 Å². The molecule has 0 saturated heterocycles. The summed E-state index contributed by atoms with van der Waals surface area (Å²) in [5.41, 5.74) is 0. The second-order valence-corrected chi connectivity index (χ2v) is 5.80. The van der Waals surface area contributed by atoms with E-state index in [1.54, 1.807) is 6.26 Å². The van der Waals surface area contributed by atoms with Gasteiger partial charge in [-0.05, 0) is 53.8 Å². The Kier molecular flexibility index (Phi) is 5.11. The third-order valence-corrected chi connectivity index (χ3v) is 4.45. The van der Waals surface area contributed by atoms with Gasteiger partial charge in [0.15, 0.2) is 0 Å². The Bertz CT molecular complexity index is 337. The molecule has 1 heterocycles. The Morgan fingerprint density at radius 2 is 2.18 bits per heavy atom. The minimum Gasteiger partial charge on any atom is -0.468 e. The maximum atomic E-state index is 5.69. The van der Waals surface area contributed by atoms with Gasteiger partial charge in [0.25, 0.3) is 0 Å². The topological polar surface area (TPSA) is 25.2 Å². The molecule has 1 aliphatic rings. The van der Waals surface area contributed by atoms with Crippen LogP contribution in [-0.2, 0) is 0 Å². The van der Waals surface area contributed by atoms with Crippen molar-refractivity contribution in [2.45, 2.75) is 44.9 Å². The van der Waals surface area contributed by atoms with Gasteiger partial charge < -0.3 is 9.73 Å². The zero-order chi connectivity index (χ0) is 12.1. The summed E-state index contributed by atoms with van der Waals surface area (Å²) >= 11 is 3.61. The molecule has 1 aliphatic carbocycles. The average molecular weight is 300 g/mol. The van der Waals surface area contributed by atoms with Crippen LogP contribution in [0.1, 0.15) is 50.7 Å². The fourth-order valence-electron chi connectivity index (χ4n) is 2.87. The SMILES string of the molecule is CCNCC1CCCCCC1c1occc1Br. The second kappa shape index (κ2) is 6.60. The van der Waals surface area contributed by atoms with Gasteiger partial charge in [-0.3, -0.25) is 0 Å². The van der Waals surface area contributed by atoms with Crippen LogP contribution < -0.4 is 5.32 Å². The quantitative estimate of drug-likeness (QED) is 0.838. The number of hydrogen-bond donors (Lipinski definition) is 1. The summed E-state index contributed by atoms with van der Waals surface area (Å²) in [6.07, 6.45) is 8.46. The van der Waals surface area contributed by atoms with Crippen LogP contribution in [0.2, 0.25) is 0 Å². The van der Waals surface area contributed by atoms with E-state index in [4.69, 9.17) is 4.42 Å². The van der Waals surface area contributed by atoms with E-state index >= 15 is 0 Å². The van der Waals surface area contributed by atoms with Crippen molar-refractivity contribution in [3.05, 3.63) is 22.6 Å². The Labute approximate surface area is 112 Å². The first kappa shape index (κ1) is 13.2. The van der Waals surface area contributed by atoms with Gasteiger partial charge in [-0.2, -0.15) is 0 Å². The number of furan rings is 1. The lowest BCUT2D eigenvalue weighted by molar-refractivity contribution is 0.328. The third-order valence-electron chi connectivity index (χ3n) is 3.80. The lowest BCUT2D eigenvalue weighted by atomic mass is 9.86. The van der Waals surface area contributed by atoms with Crippen molar-refractivity contribution in [2.75, 3.05) is 13.1 Å². The lowest BCUT2D eigenvalue weighted by Crippen LogP contribution is -2.26. The van der Waals surface area contributed by atoms with E-state index in [9.17, 15) is 0 Å². The van der Waals surface area contributed by atoms with Crippen LogP contribution in [-0.4, -0.2) is 13.1 Å². The van der Waals surface area contributed by atoms with E-state index in [-0.39, 0.29) is 0 Å². The van der Waals surface area contributed by atoms with Crippen LogP contribution in [0.3, 0.4) is 0 Å². The predicted octanol–water partition coefficient (Wildman–Crippen LogP) is 4.32. The van der Waals surface area contributed by atoms with Crippen molar-refractivity contribution >= 4 is 15.9 Å². The van der Waals surface area contributed by atoms with Gasteiger partial charge in [-0.25, -0.2) is 0 Å². The van der Waals surface area contributed by atoms with Crippen molar-refractivity contribution in [1.82, 2.24) is 5.32 Å². The third kappa shape index (κ3) is 3.35. The van der Waals surface area contributed by atoms with Crippen LogP contribution in [0, 0.1) is 5.92 Å². The number of halogens is 1. The maximum Gasteiger partial charge on any atom is 0.121 e. The molecular formula is C14H22BrNO. The highest BCUT2D eigenvalue weighted by molar-refractivity contribution is 9.10. The molecule has 2 rings (SSSR count). The van der Waals surface area contributed by atoms with E-state index in [1.807, 2.05) is 6.07 Å². The molecule has 96 valence electrons. The van der Waals surface area contributed by atoms with Gasteiger partial charge in [0.1, 0.15) is 5.76 Å². The summed E-state index contributed by atoms with van der Waals surface area (Å²) < 4.78 is 6.84. The zero-order valence-corrected chi connectivity index (χ0v) is 12.1. The molecule has 17 heavy (non-hydrogen) atoms. The molecule has 1 saturated carbocycles. The number of nitrogens with one attached hydrogen (secondary N) is 1. The molecule has 0 aliphatic heterocycles. The summed E-state index contributed by atoms with van der Waals surface area (Å²) in [4.78, 5) is 0. The van der Waals surface area contributed by atoms with Crippen molar-refractivity contribution in [2.24, 2.45) is 5.92 Å². The molecule has 1 aromatic heterocycles. The van der Waals surface area contributed by atoms with Crippen LogP contribution in [0.4, 0.5) is 0 Å².